The Bertz CT molecular complexity index is 659. The second-order valence-electron chi connectivity index (χ2n) is 6.80. The Hall–Kier alpha value is -1.88. The van der Waals surface area contributed by atoms with Crippen LogP contribution in [0.3, 0.4) is 0 Å². The van der Waals surface area contributed by atoms with Crippen molar-refractivity contribution in [2.24, 2.45) is 0 Å². The van der Waals surface area contributed by atoms with Crippen molar-refractivity contribution in [1.82, 2.24) is 20.1 Å². The molecule has 0 saturated carbocycles. The minimum atomic E-state index is 0.374. The van der Waals surface area contributed by atoms with E-state index in [1.165, 1.54) is 29.7 Å². The van der Waals surface area contributed by atoms with Crippen molar-refractivity contribution in [3.63, 3.8) is 0 Å². The highest BCUT2D eigenvalue weighted by Gasteiger charge is 2.25. The summed E-state index contributed by atoms with van der Waals surface area (Å²) in [4.78, 5) is 6.56. The topological polar surface area (TPSA) is 46.0 Å². The van der Waals surface area contributed by atoms with E-state index in [0.29, 0.717) is 12.1 Å². The SMILES string of the molecule is CC(C)n1ncc2c1[C@@H](NCc1cccnc1N(C)C)CCC2. The van der Waals surface area contributed by atoms with Crippen LogP contribution < -0.4 is 10.2 Å². The number of nitrogens with zero attached hydrogens (tertiary/aromatic N) is 4. The van der Waals surface area contributed by atoms with Gasteiger partial charge in [-0.25, -0.2) is 4.98 Å². The fourth-order valence-corrected chi connectivity index (χ4v) is 3.43. The number of hydrogen-bond acceptors (Lipinski definition) is 4. The van der Waals surface area contributed by atoms with Crippen LogP contribution in [0.5, 0.6) is 0 Å². The van der Waals surface area contributed by atoms with Crippen LogP contribution in [-0.4, -0.2) is 28.9 Å². The molecule has 0 radical (unpaired) electrons. The Kier molecular flexibility index (Phi) is 4.66. The first-order valence-corrected chi connectivity index (χ1v) is 8.48. The van der Waals surface area contributed by atoms with E-state index in [2.05, 4.69) is 51.1 Å². The minimum absolute atomic E-state index is 0.374. The highest BCUT2D eigenvalue weighted by molar-refractivity contribution is 5.45. The first kappa shape index (κ1) is 16.0. The van der Waals surface area contributed by atoms with E-state index in [1.807, 2.05) is 26.4 Å². The number of anilines is 1. The molecular formula is C18H27N5. The van der Waals surface area contributed by atoms with Gasteiger partial charge in [0, 0.05) is 44.5 Å². The van der Waals surface area contributed by atoms with Gasteiger partial charge in [0.1, 0.15) is 5.82 Å². The van der Waals surface area contributed by atoms with Gasteiger partial charge in [-0.15, -0.1) is 0 Å². The van der Waals surface area contributed by atoms with Gasteiger partial charge in [-0.3, -0.25) is 4.68 Å². The summed E-state index contributed by atoms with van der Waals surface area (Å²) in [5.74, 6) is 1.04. The number of fused-ring (bicyclic) bond motifs is 1. The highest BCUT2D eigenvalue weighted by Crippen LogP contribution is 2.31. The van der Waals surface area contributed by atoms with Gasteiger partial charge in [-0.1, -0.05) is 6.07 Å². The molecule has 1 aliphatic carbocycles. The van der Waals surface area contributed by atoms with Crippen molar-refractivity contribution in [1.29, 1.82) is 0 Å². The van der Waals surface area contributed by atoms with Crippen LogP contribution in [0.15, 0.2) is 24.5 Å². The third-order valence-corrected chi connectivity index (χ3v) is 4.50. The van der Waals surface area contributed by atoms with Crippen molar-refractivity contribution in [2.75, 3.05) is 19.0 Å². The zero-order valence-corrected chi connectivity index (χ0v) is 14.6. The molecular weight excluding hydrogens is 286 g/mol. The van der Waals surface area contributed by atoms with Gasteiger partial charge in [0.2, 0.25) is 0 Å². The van der Waals surface area contributed by atoms with Crippen LogP contribution in [0.2, 0.25) is 0 Å². The van der Waals surface area contributed by atoms with Crippen LogP contribution in [0, 0.1) is 0 Å². The molecule has 3 rings (SSSR count). The predicted molar refractivity (Wildman–Crippen MR) is 93.7 cm³/mol. The van der Waals surface area contributed by atoms with Gasteiger partial charge in [-0.2, -0.15) is 5.10 Å². The monoisotopic (exact) mass is 313 g/mol. The normalized spacial score (nSPS) is 17.3. The summed E-state index contributed by atoms with van der Waals surface area (Å²) in [5, 5.41) is 8.35. The number of pyridine rings is 1. The third-order valence-electron chi connectivity index (χ3n) is 4.50. The minimum Gasteiger partial charge on any atom is -0.362 e. The number of nitrogens with one attached hydrogen (secondary N) is 1. The summed E-state index contributed by atoms with van der Waals surface area (Å²) >= 11 is 0. The molecule has 2 aromatic rings. The third kappa shape index (κ3) is 3.24. The Morgan fingerprint density at radius 1 is 1.39 bits per heavy atom. The summed E-state index contributed by atoms with van der Waals surface area (Å²) in [6, 6.07) is 4.93. The van der Waals surface area contributed by atoms with Crippen molar-refractivity contribution in [3.8, 4) is 0 Å². The van der Waals surface area contributed by atoms with E-state index in [4.69, 9.17) is 0 Å². The summed E-state index contributed by atoms with van der Waals surface area (Å²) in [6.45, 7) is 5.23. The molecule has 2 heterocycles. The number of hydrogen-bond donors (Lipinski definition) is 1. The number of aryl methyl sites for hydroxylation is 1. The quantitative estimate of drug-likeness (QED) is 0.921. The maximum atomic E-state index is 4.60. The second kappa shape index (κ2) is 6.71. The van der Waals surface area contributed by atoms with Crippen LogP contribution >= 0.6 is 0 Å². The molecule has 0 spiro atoms. The lowest BCUT2D eigenvalue weighted by Crippen LogP contribution is -2.28. The van der Waals surface area contributed by atoms with Crippen molar-refractivity contribution in [2.45, 2.75) is 51.7 Å². The molecule has 1 atom stereocenters. The zero-order chi connectivity index (χ0) is 16.4. The molecule has 0 saturated heterocycles. The van der Waals surface area contributed by atoms with Crippen LogP contribution in [0.1, 0.15) is 55.6 Å². The lowest BCUT2D eigenvalue weighted by molar-refractivity contribution is 0.402. The Balaban J connectivity index is 1.80. The molecule has 0 bridgehead atoms. The fraction of sp³-hybridized carbons (Fsp3) is 0.556. The summed E-state index contributed by atoms with van der Waals surface area (Å²) in [6.07, 6.45) is 7.45. The summed E-state index contributed by atoms with van der Waals surface area (Å²) in [5.41, 5.74) is 4.02. The molecule has 5 heteroatoms. The maximum absolute atomic E-state index is 4.60. The molecule has 0 amide bonds. The van der Waals surface area contributed by atoms with E-state index in [-0.39, 0.29) is 0 Å². The predicted octanol–water partition coefficient (Wildman–Crippen LogP) is 3.09. The highest BCUT2D eigenvalue weighted by atomic mass is 15.3. The van der Waals surface area contributed by atoms with E-state index in [1.54, 1.807) is 0 Å². The average Bonchev–Trinajstić information content (AvgIpc) is 2.98. The van der Waals surface area contributed by atoms with Gasteiger partial charge < -0.3 is 10.2 Å². The first-order chi connectivity index (χ1) is 11.1. The van der Waals surface area contributed by atoms with Crippen molar-refractivity contribution >= 4 is 5.82 Å². The first-order valence-electron chi connectivity index (χ1n) is 8.48. The number of rotatable bonds is 5. The van der Waals surface area contributed by atoms with Gasteiger partial charge in [0.15, 0.2) is 0 Å². The van der Waals surface area contributed by atoms with E-state index in [9.17, 15) is 0 Å². The van der Waals surface area contributed by atoms with Crippen molar-refractivity contribution in [3.05, 3.63) is 41.3 Å². The molecule has 0 aromatic carbocycles. The van der Waals surface area contributed by atoms with E-state index in [0.717, 1.165) is 18.8 Å². The van der Waals surface area contributed by atoms with Gasteiger partial charge in [0.25, 0.3) is 0 Å². The molecule has 1 N–H and O–H groups in total. The van der Waals surface area contributed by atoms with E-state index >= 15 is 0 Å². The molecule has 0 fully saturated rings. The standard InChI is InChI=1S/C18H27N5/c1-13(2)23-17-14(12-21-23)7-5-9-16(17)20-11-15-8-6-10-19-18(15)22(3)4/h6,8,10,12-13,16,20H,5,7,9,11H2,1-4H3/t16-/m0/s1. The Labute approximate surface area is 138 Å². The number of aromatic nitrogens is 3. The summed E-state index contributed by atoms with van der Waals surface area (Å²) < 4.78 is 2.18. The molecule has 5 nitrogen and oxygen atoms in total. The van der Waals surface area contributed by atoms with Crippen LogP contribution in [0.4, 0.5) is 5.82 Å². The molecule has 0 aliphatic heterocycles. The lowest BCUT2D eigenvalue weighted by Gasteiger charge is -2.27. The van der Waals surface area contributed by atoms with E-state index < -0.39 is 0 Å². The summed E-state index contributed by atoms with van der Waals surface area (Å²) in [7, 11) is 4.08. The molecule has 1 aliphatic rings. The smallest absolute Gasteiger partial charge is 0.132 e. The largest absolute Gasteiger partial charge is 0.362 e. The Morgan fingerprint density at radius 3 is 2.96 bits per heavy atom. The van der Waals surface area contributed by atoms with Gasteiger partial charge >= 0.3 is 0 Å². The van der Waals surface area contributed by atoms with Crippen molar-refractivity contribution < 1.29 is 0 Å². The van der Waals surface area contributed by atoms with Crippen LogP contribution in [0.25, 0.3) is 0 Å². The van der Waals surface area contributed by atoms with Gasteiger partial charge in [-0.05, 0) is 44.7 Å². The van der Waals surface area contributed by atoms with Crippen LogP contribution in [-0.2, 0) is 13.0 Å². The van der Waals surface area contributed by atoms with Gasteiger partial charge in [0.05, 0.1) is 11.9 Å². The molecule has 124 valence electrons. The fourth-order valence-electron chi connectivity index (χ4n) is 3.43. The average molecular weight is 313 g/mol. The maximum Gasteiger partial charge on any atom is 0.132 e. The lowest BCUT2D eigenvalue weighted by atomic mass is 9.93. The Morgan fingerprint density at radius 2 is 2.22 bits per heavy atom. The molecule has 2 aromatic heterocycles. The molecule has 0 unspecified atom stereocenters. The zero-order valence-electron chi connectivity index (χ0n) is 14.6. The molecule has 23 heavy (non-hydrogen) atoms. The second-order valence-corrected chi connectivity index (χ2v) is 6.80.